The van der Waals surface area contributed by atoms with Crippen LogP contribution in [0.4, 0.5) is 0 Å². The summed E-state index contributed by atoms with van der Waals surface area (Å²) in [4.78, 5) is 12.1. The quantitative estimate of drug-likeness (QED) is 0.783. The van der Waals surface area contributed by atoms with E-state index in [0.717, 1.165) is 37.3 Å². The zero-order valence-corrected chi connectivity index (χ0v) is 13.9. The Morgan fingerprint density at radius 1 is 1.41 bits per heavy atom. The molecule has 1 atom stereocenters. The monoisotopic (exact) mass is 319 g/mol. The molecule has 3 rings (SSSR count). The summed E-state index contributed by atoms with van der Waals surface area (Å²) in [5.74, 6) is -0.0846. The molecule has 0 radical (unpaired) electrons. The molecule has 1 aliphatic rings. The maximum absolute atomic E-state index is 12.1. The largest absolute Gasteiger partial charge is 0.466 e. The number of rotatable bonds is 4. The van der Waals surface area contributed by atoms with E-state index in [-0.39, 0.29) is 11.9 Å². The summed E-state index contributed by atoms with van der Waals surface area (Å²) in [5, 5.41) is 1.95. The van der Waals surface area contributed by atoms with Crippen LogP contribution < -0.4 is 0 Å². The fourth-order valence-corrected chi connectivity index (χ4v) is 3.73. The van der Waals surface area contributed by atoms with Crippen LogP contribution in [0.2, 0.25) is 5.02 Å². The van der Waals surface area contributed by atoms with E-state index in [2.05, 4.69) is 17.6 Å². The van der Waals surface area contributed by atoms with Crippen LogP contribution in [-0.2, 0) is 28.9 Å². The van der Waals surface area contributed by atoms with E-state index in [0.29, 0.717) is 6.61 Å². The molecule has 0 fully saturated rings. The number of ether oxygens (including phenoxy) is 1. The first-order valence-corrected chi connectivity index (χ1v) is 8.49. The highest BCUT2D eigenvalue weighted by molar-refractivity contribution is 6.31. The number of nitrogens with zero attached hydrogens (tertiary/aromatic N) is 1. The maximum atomic E-state index is 12.1. The first-order valence-electron chi connectivity index (χ1n) is 8.11. The number of hydrogen-bond donors (Lipinski definition) is 0. The lowest BCUT2D eigenvalue weighted by Gasteiger charge is -2.22. The minimum absolute atomic E-state index is 0.0212. The van der Waals surface area contributed by atoms with Gasteiger partial charge in [0.05, 0.1) is 12.5 Å². The van der Waals surface area contributed by atoms with Crippen molar-refractivity contribution in [2.24, 2.45) is 5.92 Å². The molecule has 1 heterocycles. The van der Waals surface area contributed by atoms with Gasteiger partial charge in [-0.2, -0.15) is 0 Å². The van der Waals surface area contributed by atoms with Gasteiger partial charge in [-0.3, -0.25) is 4.79 Å². The normalized spacial score (nSPS) is 17.5. The first kappa shape index (κ1) is 15.4. The van der Waals surface area contributed by atoms with Gasteiger partial charge >= 0.3 is 5.97 Å². The van der Waals surface area contributed by atoms with Gasteiger partial charge in [-0.15, -0.1) is 0 Å². The van der Waals surface area contributed by atoms with Crippen LogP contribution in [0.1, 0.15) is 37.9 Å². The summed E-state index contributed by atoms with van der Waals surface area (Å²) in [5.41, 5.74) is 3.90. The fourth-order valence-electron chi connectivity index (χ4n) is 3.56. The van der Waals surface area contributed by atoms with Crippen LogP contribution in [0, 0.1) is 5.92 Å². The molecule has 0 saturated carbocycles. The third-order valence-corrected chi connectivity index (χ3v) is 4.73. The summed E-state index contributed by atoms with van der Waals surface area (Å²) in [6.07, 6.45) is 3.67. The molecule has 4 heteroatoms. The van der Waals surface area contributed by atoms with Crippen molar-refractivity contribution in [1.82, 2.24) is 4.57 Å². The van der Waals surface area contributed by atoms with Crippen LogP contribution in [0.15, 0.2) is 18.2 Å². The number of hydrogen-bond acceptors (Lipinski definition) is 2. The molecule has 3 nitrogen and oxygen atoms in total. The Hall–Kier alpha value is -1.48. The highest BCUT2D eigenvalue weighted by Gasteiger charge is 2.30. The molecule has 22 heavy (non-hydrogen) atoms. The minimum atomic E-state index is -0.0634. The molecule has 1 unspecified atom stereocenters. The Morgan fingerprint density at radius 2 is 2.23 bits per heavy atom. The molecule has 0 spiro atoms. The second kappa shape index (κ2) is 6.33. The van der Waals surface area contributed by atoms with E-state index in [1.165, 1.54) is 22.2 Å². The van der Waals surface area contributed by atoms with Crippen LogP contribution in [0.5, 0.6) is 0 Å². The predicted molar refractivity (Wildman–Crippen MR) is 89.4 cm³/mol. The number of halogens is 1. The zero-order chi connectivity index (χ0) is 15.7. The summed E-state index contributed by atoms with van der Waals surface area (Å²) >= 11 is 6.20. The van der Waals surface area contributed by atoms with Crippen molar-refractivity contribution < 1.29 is 9.53 Å². The molecule has 0 saturated heterocycles. The standard InChI is InChI=1S/C18H22ClNO2/c1-3-9-20-16-7-5-12(18(21)22-4-2)10-14(16)15-11-13(19)6-8-17(15)20/h6,8,11-12H,3-5,7,9-10H2,1-2H3. The molecule has 0 amide bonds. The topological polar surface area (TPSA) is 31.2 Å². The van der Waals surface area contributed by atoms with Crippen molar-refractivity contribution in [2.45, 2.75) is 46.1 Å². The molecular weight excluding hydrogens is 298 g/mol. The van der Waals surface area contributed by atoms with Crippen LogP contribution in [-0.4, -0.2) is 17.1 Å². The van der Waals surface area contributed by atoms with Crippen LogP contribution >= 0.6 is 11.6 Å². The number of esters is 1. The molecule has 0 aliphatic heterocycles. The van der Waals surface area contributed by atoms with E-state index in [1.807, 2.05) is 19.1 Å². The Morgan fingerprint density at radius 3 is 2.95 bits per heavy atom. The van der Waals surface area contributed by atoms with Gasteiger partial charge in [-0.25, -0.2) is 0 Å². The van der Waals surface area contributed by atoms with E-state index in [9.17, 15) is 4.79 Å². The number of fused-ring (bicyclic) bond motifs is 3. The minimum Gasteiger partial charge on any atom is -0.466 e. The van der Waals surface area contributed by atoms with E-state index >= 15 is 0 Å². The zero-order valence-electron chi connectivity index (χ0n) is 13.2. The molecule has 2 aromatic rings. The summed E-state index contributed by atoms with van der Waals surface area (Å²) < 4.78 is 7.62. The number of carbonyl (C=O) groups excluding carboxylic acids is 1. The van der Waals surface area contributed by atoms with Gasteiger partial charge in [-0.05, 0) is 56.4 Å². The van der Waals surface area contributed by atoms with E-state index < -0.39 is 0 Å². The second-order valence-electron chi connectivity index (χ2n) is 5.93. The Bertz CT molecular complexity index is 705. The Balaban J connectivity index is 2.05. The molecule has 1 aliphatic carbocycles. The van der Waals surface area contributed by atoms with Gasteiger partial charge < -0.3 is 9.30 Å². The SMILES string of the molecule is CCCn1c2c(c3cc(Cl)ccc31)CC(C(=O)OCC)CC2. The molecule has 1 aromatic carbocycles. The smallest absolute Gasteiger partial charge is 0.309 e. The average Bonchev–Trinajstić information content (AvgIpc) is 2.81. The summed E-state index contributed by atoms with van der Waals surface area (Å²) in [7, 11) is 0. The highest BCUT2D eigenvalue weighted by Crippen LogP contribution is 2.36. The second-order valence-corrected chi connectivity index (χ2v) is 6.37. The van der Waals surface area contributed by atoms with Crippen molar-refractivity contribution in [1.29, 1.82) is 0 Å². The first-order chi connectivity index (χ1) is 10.7. The molecule has 118 valence electrons. The van der Waals surface area contributed by atoms with Gasteiger partial charge in [0.1, 0.15) is 0 Å². The van der Waals surface area contributed by atoms with Gasteiger partial charge in [0.25, 0.3) is 0 Å². The number of aryl methyl sites for hydroxylation is 1. The van der Waals surface area contributed by atoms with Crippen molar-refractivity contribution in [3.63, 3.8) is 0 Å². The van der Waals surface area contributed by atoms with E-state index in [4.69, 9.17) is 16.3 Å². The predicted octanol–water partition coefficient (Wildman–Crippen LogP) is 4.37. The Kier molecular flexibility index (Phi) is 4.44. The fraction of sp³-hybridized carbons (Fsp3) is 0.500. The molecular formula is C18H22ClNO2. The summed E-state index contributed by atoms with van der Waals surface area (Å²) in [6, 6.07) is 6.09. The lowest BCUT2D eigenvalue weighted by molar-refractivity contribution is -0.148. The van der Waals surface area contributed by atoms with Crippen molar-refractivity contribution in [3.8, 4) is 0 Å². The van der Waals surface area contributed by atoms with Gasteiger partial charge in [-0.1, -0.05) is 18.5 Å². The number of benzene rings is 1. The molecule has 0 N–H and O–H groups in total. The third kappa shape index (κ3) is 2.63. The lowest BCUT2D eigenvalue weighted by atomic mass is 9.86. The average molecular weight is 320 g/mol. The van der Waals surface area contributed by atoms with Gasteiger partial charge in [0, 0.05) is 28.2 Å². The third-order valence-electron chi connectivity index (χ3n) is 4.50. The van der Waals surface area contributed by atoms with E-state index in [1.54, 1.807) is 0 Å². The summed E-state index contributed by atoms with van der Waals surface area (Å²) in [6.45, 7) is 5.51. The highest BCUT2D eigenvalue weighted by atomic mass is 35.5. The number of aromatic nitrogens is 1. The van der Waals surface area contributed by atoms with Gasteiger partial charge in [0.2, 0.25) is 0 Å². The van der Waals surface area contributed by atoms with Crippen LogP contribution in [0.3, 0.4) is 0 Å². The Labute approximate surface area is 136 Å². The van der Waals surface area contributed by atoms with Crippen molar-refractivity contribution in [2.75, 3.05) is 6.61 Å². The van der Waals surface area contributed by atoms with Gasteiger partial charge in [0.15, 0.2) is 0 Å². The molecule has 0 bridgehead atoms. The molecule has 1 aromatic heterocycles. The maximum Gasteiger partial charge on any atom is 0.309 e. The lowest BCUT2D eigenvalue weighted by Crippen LogP contribution is -2.25. The number of carbonyl (C=O) groups is 1. The van der Waals surface area contributed by atoms with Crippen molar-refractivity contribution >= 4 is 28.5 Å². The van der Waals surface area contributed by atoms with Crippen molar-refractivity contribution in [3.05, 3.63) is 34.5 Å². The van der Waals surface area contributed by atoms with Crippen LogP contribution in [0.25, 0.3) is 10.9 Å².